The summed E-state index contributed by atoms with van der Waals surface area (Å²) in [6.45, 7) is 2.13. The maximum Gasteiger partial charge on any atom is 0.345 e. The van der Waals surface area contributed by atoms with Gasteiger partial charge < -0.3 is 4.74 Å². The number of rotatable bonds is 4. The molecule has 1 heterocycles. The molecule has 0 aliphatic heterocycles. The largest absolute Gasteiger partial charge is 0.466 e. The van der Waals surface area contributed by atoms with Crippen LogP contribution < -0.4 is 5.69 Å². The number of ether oxygens (including phenoxy) is 1. The lowest BCUT2D eigenvalue weighted by Gasteiger charge is -2.01. The van der Waals surface area contributed by atoms with Crippen molar-refractivity contribution >= 4 is 5.97 Å². The number of esters is 1. The zero-order valence-electron chi connectivity index (χ0n) is 9.64. The molecule has 0 fully saturated rings. The molecule has 0 atom stereocenters. The second-order valence-electron chi connectivity index (χ2n) is 3.28. The summed E-state index contributed by atoms with van der Waals surface area (Å²) in [6.07, 6.45) is 3.65. The first-order valence-corrected chi connectivity index (χ1v) is 4.96. The normalized spacial score (nSPS) is 11.6. The van der Waals surface area contributed by atoms with Gasteiger partial charge >= 0.3 is 11.7 Å². The lowest BCUT2D eigenvalue weighted by Crippen LogP contribution is -2.22. The average molecular weight is 225 g/mol. The molecule has 6 heteroatoms. The Balaban J connectivity index is 2.82. The Bertz CT molecular complexity index is 456. The van der Waals surface area contributed by atoms with E-state index in [1.54, 1.807) is 13.1 Å². The topological polar surface area (TPSA) is 66.1 Å². The van der Waals surface area contributed by atoms with E-state index in [9.17, 15) is 9.59 Å². The van der Waals surface area contributed by atoms with Gasteiger partial charge in [-0.2, -0.15) is 5.10 Å². The Morgan fingerprint density at radius 2 is 2.31 bits per heavy atom. The van der Waals surface area contributed by atoms with Gasteiger partial charge in [0.05, 0.1) is 13.7 Å². The van der Waals surface area contributed by atoms with Gasteiger partial charge in [-0.3, -0.25) is 4.57 Å². The lowest BCUT2D eigenvalue weighted by molar-refractivity contribution is -0.136. The minimum absolute atomic E-state index is 0.212. The van der Waals surface area contributed by atoms with Crippen LogP contribution in [0.5, 0.6) is 0 Å². The van der Waals surface area contributed by atoms with E-state index in [2.05, 4.69) is 9.84 Å². The van der Waals surface area contributed by atoms with Crippen molar-refractivity contribution in [3.63, 3.8) is 0 Å². The molecule has 1 aromatic rings. The molecule has 0 bridgehead atoms. The molecule has 0 saturated heterocycles. The average Bonchev–Trinajstić information content (AvgIpc) is 2.61. The minimum Gasteiger partial charge on any atom is -0.466 e. The molecule has 0 unspecified atom stereocenters. The Labute approximate surface area is 93.1 Å². The van der Waals surface area contributed by atoms with Gasteiger partial charge in [0.25, 0.3) is 0 Å². The summed E-state index contributed by atoms with van der Waals surface area (Å²) in [4.78, 5) is 22.7. The minimum atomic E-state index is -0.369. The number of hydrogen-bond donors (Lipinski definition) is 0. The highest BCUT2D eigenvalue weighted by Crippen LogP contribution is 2.02. The van der Waals surface area contributed by atoms with Crippen LogP contribution in [-0.2, 0) is 23.1 Å². The van der Waals surface area contributed by atoms with Gasteiger partial charge in [0.1, 0.15) is 6.33 Å². The van der Waals surface area contributed by atoms with E-state index in [1.165, 1.54) is 22.7 Å². The number of aromatic nitrogens is 3. The van der Waals surface area contributed by atoms with Crippen molar-refractivity contribution in [2.24, 2.45) is 7.05 Å². The smallest absolute Gasteiger partial charge is 0.345 e. The van der Waals surface area contributed by atoms with Gasteiger partial charge in [0.15, 0.2) is 0 Å². The van der Waals surface area contributed by atoms with E-state index in [-0.39, 0.29) is 18.2 Å². The lowest BCUT2D eigenvalue weighted by atomic mass is 10.2. The molecule has 0 aliphatic rings. The van der Waals surface area contributed by atoms with Crippen LogP contribution >= 0.6 is 0 Å². The third-order valence-electron chi connectivity index (χ3n) is 2.23. The van der Waals surface area contributed by atoms with Crippen LogP contribution in [0.2, 0.25) is 0 Å². The van der Waals surface area contributed by atoms with Crippen LogP contribution in [0.15, 0.2) is 22.8 Å². The van der Waals surface area contributed by atoms with Crippen molar-refractivity contribution in [1.29, 1.82) is 0 Å². The SMILES string of the molecule is CCC(=CCn1ncn(C)c1=O)C(=O)OC. The van der Waals surface area contributed by atoms with Gasteiger partial charge in [0, 0.05) is 12.6 Å². The van der Waals surface area contributed by atoms with Crippen LogP contribution in [-0.4, -0.2) is 27.4 Å². The molecule has 0 saturated carbocycles. The molecule has 6 nitrogen and oxygen atoms in total. The van der Waals surface area contributed by atoms with Crippen molar-refractivity contribution in [3.8, 4) is 0 Å². The van der Waals surface area contributed by atoms with E-state index in [0.29, 0.717) is 12.0 Å². The monoisotopic (exact) mass is 225 g/mol. The Morgan fingerprint density at radius 3 is 2.75 bits per heavy atom. The van der Waals surface area contributed by atoms with Gasteiger partial charge in [-0.05, 0) is 6.42 Å². The highest BCUT2D eigenvalue weighted by molar-refractivity contribution is 5.88. The molecule has 0 N–H and O–H groups in total. The summed E-state index contributed by atoms with van der Waals surface area (Å²) >= 11 is 0. The van der Waals surface area contributed by atoms with Gasteiger partial charge in [-0.15, -0.1) is 0 Å². The first-order valence-electron chi connectivity index (χ1n) is 4.96. The Kier molecular flexibility index (Phi) is 4.04. The molecular formula is C10H15N3O3. The van der Waals surface area contributed by atoms with Crippen molar-refractivity contribution in [3.05, 3.63) is 28.5 Å². The summed E-state index contributed by atoms with van der Waals surface area (Å²) in [5, 5.41) is 3.88. The second-order valence-corrected chi connectivity index (χ2v) is 3.28. The molecular weight excluding hydrogens is 210 g/mol. The third-order valence-corrected chi connectivity index (χ3v) is 2.23. The molecule has 1 rings (SSSR count). The second kappa shape index (κ2) is 5.29. The van der Waals surface area contributed by atoms with E-state index < -0.39 is 0 Å². The van der Waals surface area contributed by atoms with Gasteiger partial charge in [-0.25, -0.2) is 14.3 Å². The molecule has 0 radical (unpaired) electrons. The fourth-order valence-corrected chi connectivity index (χ4v) is 1.25. The molecule has 0 aliphatic carbocycles. The van der Waals surface area contributed by atoms with Crippen LogP contribution in [0, 0.1) is 0 Å². The highest BCUT2D eigenvalue weighted by atomic mass is 16.5. The third kappa shape index (κ3) is 2.59. The molecule has 16 heavy (non-hydrogen) atoms. The van der Waals surface area contributed by atoms with E-state index >= 15 is 0 Å². The molecule has 1 aromatic heterocycles. The van der Waals surface area contributed by atoms with Crippen molar-refractivity contribution in [2.75, 3.05) is 7.11 Å². The highest BCUT2D eigenvalue weighted by Gasteiger charge is 2.07. The number of methoxy groups -OCH3 is 1. The summed E-state index contributed by atoms with van der Waals surface area (Å²) in [5.74, 6) is -0.369. The zero-order valence-corrected chi connectivity index (χ0v) is 9.64. The number of carbonyl (C=O) groups excluding carboxylic acids is 1. The standard InChI is InChI=1S/C10H15N3O3/c1-4-8(9(14)16-3)5-6-13-10(15)12(2)7-11-13/h5,7H,4,6H2,1-3H3. The predicted molar refractivity (Wildman–Crippen MR) is 57.9 cm³/mol. The Morgan fingerprint density at radius 1 is 1.62 bits per heavy atom. The molecule has 88 valence electrons. The van der Waals surface area contributed by atoms with Crippen molar-refractivity contribution < 1.29 is 9.53 Å². The van der Waals surface area contributed by atoms with E-state index in [0.717, 1.165) is 0 Å². The van der Waals surface area contributed by atoms with Crippen LogP contribution in [0.25, 0.3) is 0 Å². The number of nitrogens with zero attached hydrogens (tertiary/aromatic N) is 3. The van der Waals surface area contributed by atoms with Gasteiger partial charge in [0.2, 0.25) is 0 Å². The quantitative estimate of drug-likeness (QED) is 0.538. The number of aryl methyl sites for hydroxylation is 1. The van der Waals surface area contributed by atoms with E-state index in [4.69, 9.17) is 0 Å². The fraction of sp³-hybridized carbons (Fsp3) is 0.500. The van der Waals surface area contributed by atoms with Crippen LogP contribution in [0.3, 0.4) is 0 Å². The maximum absolute atomic E-state index is 11.4. The summed E-state index contributed by atoms with van der Waals surface area (Å²) in [6, 6.07) is 0. The first kappa shape index (κ1) is 12.2. The molecule has 0 amide bonds. The first-order chi connectivity index (χ1) is 7.60. The van der Waals surface area contributed by atoms with Crippen LogP contribution in [0.4, 0.5) is 0 Å². The van der Waals surface area contributed by atoms with Crippen molar-refractivity contribution in [2.45, 2.75) is 19.9 Å². The number of allylic oxidation sites excluding steroid dienone is 1. The van der Waals surface area contributed by atoms with Crippen molar-refractivity contribution in [1.82, 2.24) is 14.3 Å². The summed E-state index contributed by atoms with van der Waals surface area (Å²) in [7, 11) is 2.95. The zero-order chi connectivity index (χ0) is 12.1. The maximum atomic E-state index is 11.4. The molecule has 0 aromatic carbocycles. The van der Waals surface area contributed by atoms with Gasteiger partial charge in [-0.1, -0.05) is 13.0 Å². The summed E-state index contributed by atoms with van der Waals surface area (Å²) < 4.78 is 7.26. The predicted octanol–water partition coefficient (Wildman–Crippen LogP) is 0.0912. The number of carbonyl (C=O) groups is 1. The fourth-order valence-electron chi connectivity index (χ4n) is 1.25. The Hall–Kier alpha value is -1.85. The van der Waals surface area contributed by atoms with Crippen LogP contribution in [0.1, 0.15) is 13.3 Å². The summed E-state index contributed by atoms with van der Waals surface area (Å²) in [5.41, 5.74) is 0.330. The van der Waals surface area contributed by atoms with E-state index in [1.807, 2.05) is 6.92 Å². The molecule has 0 spiro atoms. The number of hydrogen-bond acceptors (Lipinski definition) is 4.